The highest BCUT2D eigenvalue weighted by Gasteiger charge is 2.24. The number of nitrogens with zero attached hydrogens (tertiary/aromatic N) is 1. The van der Waals surface area contributed by atoms with Gasteiger partial charge in [-0.3, -0.25) is 0 Å². The average Bonchev–Trinajstić information content (AvgIpc) is 2.62. The summed E-state index contributed by atoms with van der Waals surface area (Å²) in [7, 11) is -0.517. The van der Waals surface area contributed by atoms with Crippen LogP contribution in [-0.4, -0.2) is 6.16 Å². The second-order valence-electron chi connectivity index (χ2n) is 7.91. The summed E-state index contributed by atoms with van der Waals surface area (Å²) in [6.07, 6.45) is 1.55. The third-order valence-electron chi connectivity index (χ3n) is 4.89. The van der Waals surface area contributed by atoms with Crippen molar-refractivity contribution in [1.82, 2.24) is 0 Å². The lowest BCUT2D eigenvalue weighted by atomic mass is 9.89. The van der Waals surface area contributed by atoms with Gasteiger partial charge in [0.1, 0.15) is 0 Å². The van der Waals surface area contributed by atoms with Crippen molar-refractivity contribution in [2.24, 2.45) is 0 Å². The molecule has 26 heavy (non-hydrogen) atoms. The van der Waals surface area contributed by atoms with E-state index in [1.165, 1.54) is 27.3 Å². The van der Waals surface area contributed by atoms with E-state index >= 15 is 0 Å². The van der Waals surface area contributed by atoms with E-state index in [4.69, 9.17) is 0 Å². The Kier molecular flexibility index (Phi) is 7.43. The molecule has 0 fully saturated rings. The fraction of sp³-hybridized carbons (Fsp3) is 0.458. The molecule has 0 aliphatic carbocycles. The lowest BCUT2D eigenvalue weighted by molar-refractivity contribution is 0.813. The molecule has 1 nitrogen and oxygen atoms in total. The van der Waals surface area contributed by atoms with Gasteiger partial charge in [-0.25, -0.2) is 0 Å². The summed E-state index contributed by atoms with van der Waals surface area (Å²) in [5, 5.41) is 12.2. The summed E-state index contributed by atoms with van der Waals surface area (Å²) in [4.78, 5) is 0. The van der Waals surface area contributed by atoms with Gasteiger partial charge < -0.3 is 0 Å². The summed E-state index contributed by atoms with van der Waals surface area (Å²) >= 11 is 0. The molecule has 0 spiro atoms. The van der Waals surface area contributed by atoms with Crippen LogP contribution >= 0.6 is 7.92 Å². The third kappa shape index (κ3) is 4.75. The molecule has 0 aliphatic heterocycles. The molecule has 138 valence electrons. The van der Waals surface area contributed by atoms with Gasteiger partial charge in [0, 0.05) is 6.42 Å². The molecule has 1 atom stereocenters. The molecule has 1 unspecified atom stereocenters. The molecule has 0 heterocycles. The Morgan fingerprint density at radius 2 is 1.38 bits per heavy atom. The van der Waals surface area contributed by atoms with Crippen molar-refractivity contribution in [3.8, 4) is 6.07 Å². The first kappa shape index (κ1) is 20.7. The van der Waals surface area contributed by atoms with Crippen LogP contribution in [0.1, 0.15) is 82.4 Å². The smallest absolute Gasteiger partial charge is 0.0625 e. The first-order chi connectivity index (χ1) is 12.4. The minimum Gasteiger partial charge on any atom is -0.198 e. The molecule has 2 aromatic rings. The highest BCUT2D eigenvalue weighted by atomic mass is 31.1. The maximum Gasteiger partial charge on any atom is 0.0625 e. The van der Waals surface area contributed by atoms with Gasteiger partial charge >= 0.3 is 0 Å². The first-order valence-corrected chi connectivity index (χ1v) is 11.3. The average molecular weight is 366 g/mol. The third-order valence-corrected chi connectivity index (χ3v) is 7.54. The van der Waals surface area contributed by atoms with E-state index in [1.807, 2.05) is 0 Å². The highest BCUT2D eigenvalue weighted by molar-refractivity contribution is 7.73. The van der Waals surface area contributed by atoms with Crippen LogP contribution in [0.15, 0.2) is 42.5 Å². The van der Waals surface area contributed by atoms with Gasteiger partial charge in [-0.2, -0.15) is 5.26 Å². The van der Waals surface area contributed by atoms with E-state index in [1.54, 1.807) is 0 Å². The van der Waals surface area contributed by atoms with Gasteiger partial charge in [-0.15, -0.1) is 0 Å². The van der Waals surface area contributed by atoms with Crippen molar-refractivity contribution in [1.29, 1.82) is 5.26 Å². The van der Waals surface area contributed by atoms with Gasteiger partial charge in [0.25, 0.3) is 0 Å². The zero-order valence-electron chi connectivity index (χ0n) is 17.1. The molecular weight excluding hydrogens is 333 g/mol. The van der Waals surface area contributed by atoms with E-state index < -0.39 is 7.92 Å². The number of rotatable bonds is 7. The maximum absolute atomic E-state index is 9.24. The van der Waals surface area contributed by atoms with Crippen molar-refractivity contribution in [2.45, 2.75) is 65.7 Å². The first-order valence-electron chi connectivity index (χ1n) is 9.74. The predicted octanol–water partition coefficient (Wildman–Crippen LogP) is 6.40. The molecule has 0 saturated heterocycles. The summed E-state index contributed by atoms with van der Waals surface area (Å²) in [5.74, 6) is 1.50. The monoisotopic (exact) mass is 365 g/mol. The maximum atomic E-state index is 9.24. The van der Waals surface area contributed by atoms with Crippen molar-refractivity contribution >= 4 is 18.5 Å². The Hall–Kier alpha value is -1.64. The van der Waals surface area contributed by atoms with Gasteiger partial charge in [0.15, 0.2) is 0 Å². The molecule has 0 aliphatic rings. The zero-order chi connectivity index (χ0) is 19.3. The standard InChI is InChI=1S/C24H32NP/c1-17(2)20-15-22(18(3)4)24(23(16-20)19(5)6)26(14-10-13-25)21-11-8-7-9-12-21/h7-9,11-12,15-19H,10,14H2,1-6H3. The topological polar surface area (TPSA) is 23.8 Å². The molecule has 0 amide bonds. The minimum absolute atomic E-state index is 0.483. The fourth-order valence-electron chi connectivity index (χ4n) is 3.37. The number of nitriles is 1. The van der Waals surface area contributed by atoms with E-state index in [2.05, 4.69) is 90.1 Å². The van der Waals surface area contributed by atoms with Crippen molar-refractivity contribution < 1.29 is 0 Å². The molecule has 0 saturated carbocycles. The van der Waals surface area contributed by atoms with E-state index in [-0.39, 0.29) is 0 Å². The summed E-state index contributed by atoms with van der Waals surface area (Å²) in [6, 6.07) is 18.1. The fourth-order valence-corrected chi connectivity index (χ4v) is 6.23. The normalized spacial score (nSPS) is 12.6. The van der Waals surface area contributed by atoms with Crippen molar-refractivity contribution in [3.05, 3.63) is 59.2 Å². The lowest BCUT2D eigenvalue weighted by Crippen LogP contribution is -2.24. The van der Waals surface area contributed by atoms with Gasteiger partial charge in [-0.1, -0.05) is 84.0 Å². The molecule has 0 N–H and O–H groups in total. The quantitative estimate of drug-likeness (QED) is 0.521. The van der Waals surface area contributed by atoms with E-state index in [0.717, 1.165) is 6.16 Å². The van der Waals surface area contributed by atoms with Crippen LogP contribution in [0.4, 0.5) is 0 Å². The van der Waals surface area contributed by atoms with Crippen LogP contribution in [0.5, 0.6) is 0 Å². The van der Waals surface area contributed by atoms with Crippen LogP contribution in [0.25, 0.3) is 0 Å². The molecule has 2 aromatic carbocycles. The van der Waals surface area contributed by atoms with Crippen molar-refractivity contribution in [3.63, 3.8) is 0 Å². The van der Waals surface area contributed by atoms with E-state index in [9.17, 15) is 5.26 Å². The zero-order valence-corrected chi connectivity index (χ0v) is 18.0. The Morgan fingerprint density at radius 1 is 0.846 bits per heavy atom. The molecular formula is C24H32NP. The molecule has 0 radical (unpaired) electrons. The van der Waals surface area contributed by atoms with Crippen LogP contribution in [0.3, 0.4) is 0 Å². The highest BCUT2D eigenvalue weighted by Crippen LogP contribution is 2.41. The number of benzene rings is 2. The predicted molar refractivity (Wildman–Crippen MR) is 116 cm³/mol. The largest absolute Gasteiger partial charge is 0.198 e. The second kappa shape index (κ2) is 9.34. The Morgan fingerprint density at radius 3 is 1.81 bits per heavy atom. The Balaban J connectivity index is 2.75. The van der Waals surface area contributed by atoms with Crippen LogP contribution in [0, 0.1) is 11.3 Å². The molecule has 0 bridgehead atoms. The van der Waals surface area contributed by atoms with Gasteiger partial charge in [0.05, 0.1) is 6.07 Å². The Labute approximate surface area is 161 Å². The van der Waals surface area contributed by atoms with Gasteiger partial charge in [0.2, 0.25) is 0 Å². The minimum atomic E-state index is -0.517. The number of hydrogen-bond donors (Lipinski definition) is 0. The Bertz CT molecular complexity index is 725. The second-order valence-corrected chi connectivity index (χ2v) is 10.2. The summed E-state index contributed by atoms with van der Waals surface area (Å²) in [5.41, 5.74) is 4.39. The molecule has 2 rings (SSSR count). The van der Waals surface area contributed by atoms with Crippen LogP contribution in [-0.2, 0) is 0 Å². The lowest BCUT2D eigenvalue weighted by Gasteiger charge is -2.29. The van der Waals surface area contributed by atoms with Crippen LogP contribution in [0.2, 0.25) is 0 Å². The SMILES string of the molecule is CC(C)c1cc(C(C)C)c(P(CCC#N)c2ccccc2)c(C(C)C)c1. The molecule has 2 heteroatoms. The van der Waals surface area contributed by atoms with E-state index in [0.29, 0.717) is 24.2 Å². The van der Waals surface area contributed by atoms with Gasteiger partial charge in [-0.05, 0) is 59.1 Å². The summed E-state index contributed by atoms with van der Waals surface area (Å²) < 4.78 is 0. The van der Waals surface area contributed by atoms with Crippen molar-refractivity contribution in [2.75, 3.05) is 6.16 Å². The summed E-state index contributed by atoms with van der Waals surface area (Å²) in [6.45, 7) is 13.8. The number of hydrogen-bond acceptors (Lipinski definition) is 1. The molecule has 0 aromatic heterocycles. The van der Waals surface area contributed by atoms with Crippen LogP contribution < -0.4 is 10.6 Å².